The summed E-state index contributed by atoms with van der Waals surface area (Å²) in [6.45, 7) is 4.13. The number of H-pyrrole nitrogens is 1. The van der Waals surface area contributed by atoms with E-state index in [2.05, 4.69) is 18.8 Å². The molecule has 1 fully saturated rings. The molecule has 0 unspecified atom stereocenters. The van der Waals surface area contributed by atoms with Crippen molar-refractivity contribution in [1.82, 2.24) is 9.97 Å². The number of rotatable bonds is 5. The lowest BCUT2D eigenvalue weighted by atomic mass is 9.95. The number of nitrogens with zero attached hydrogens (tertiary/aromatic N) is 1. The van der Waals surface area contributed by atoms with Gasteiger partial charge in [-0.25, -0.2) is 4.98 Å². The minimum Gasteiger partial charge on any atom is -0.370 e. The van der Waals surface area contributed by atoms with E-state index in [0.29, 0.717) is 11.7 Å². The number of hydrogen-bond acceptors (Lipinski definition) is 3. The molecule has 1 aliphatic rings. The molecule has 0 radical (unpaired) electrons. The van der Waals surface area contributed by atoms with Crippen LogP contribution in [-0.4, -0.2) is 17.1 Å². The fourth-order valence-electron chi connectivity index (χ4n) is 3.09. The molecule has 1 aromatic heterocycles. The molecule has 1 aliphatic carbocycles. The summed E-state index contributed by atoms with van der Waals surface area (Å²) in [5.41, 5.74) is 0.420. The third-order valence-electron chi connectivity index (χ3n) is 4.50. The Morgan fingerprint density at radius 1 is 1.37 bits per heavy atom. The first-order chi connectivity index (χ1) is 9.15. The van der Waals surface area contributed by atoms with Gasteiger partial charge in [-0.3, -0.25) is 4.79 Å². The topological polar surface area (TPSA) is 55.0 Å². The van der Waals surface area contributed by atoms with Crippen molar-refractivity contribution in [3.8, 4) is 0 Å². The van der Waals surface area contributed by atoms with Crippen molar-refractivity contribution in [1.29, 1.82) is 0 Å². The molecule has 2 rings (SSSR count). The van der Waals surface area contributed by atoms with Crippen molar-refractivity contribution >= 4 is 0 Å². The summed E-state index contributed by atoms with van der Waals surface area (Å²) in [5.74, 6) is 1.14. The Kier molecular flexibility index (Phi) is 4.40. The highest BCUT2D eigenvalue weighted by Crippen LogP contribution is 2.34. The summed E-state index contributed by atoms with van der Waals surface area (Å²) < 4.78 is 5.66. The fourth-order valence-corrected chi connectivity index (χ4v) is 3.09. The Labute approximate surface area is 114 Å². The molecule has 4 heteroatoms. The molecule has 0 amide bonds. The molecule has 0 atom stereocenters. The van der Waals surface area contributed by atoms with Crippen LogP contribution in [0, 0.1) is 0 Å². The van der Waals surface area contributed by atoms with Crippen LogP contribution in [0.15, 0.2) is 10.9 Å². The van der Waals surface area contributed by atoms with Crippen LogP contribution in [0.1, 0.15) is 69.8 Å². The van der Waals surface area contributed by atoms with Gasteiger partial charge in [-0.1, -0.05) is 26.7 Å². The second-order valence-corrected chi connectivity index (χ2v) is 5.41. The summed E-state index contributed by atoms with van der Waals surface area (Å²) in [6, 6.07) is 1.66. The summed E-state index contributed by atoms with van der Waals surface area (Å²) in [7, 11) is 1.69. The third kappa shape index (κ3) is 2.73. The van der Waals surface area contributed by atoms with E-state index in [1.165, 1.54) is 12.8 Å². The van der Waals surface area contributed by atoms with Crippen LogP contribution in [0.4, 0.5) is 0 Å². The van der Waals surface area contributed by atoms with Crippen LogP contribution in [0.5, 0.6) is 0 Å². The molecule has 0 spiro atoms. The average Bonchev–Trinajstić information content (AvgIpc) is 2.95. The van der Waals surface area contributed by atoms with Gasteiger partial charge in [0, 0.05) is 19.1 Å². The normalized spacial score (nSPS) is 17.0. The van der Waals surface area contributed by atoms with Gasteiger partial charge in [0.05, 0.1) is 5.69 Å². The first kappa shape index (κ1) is 14.3. The van der Waals surface area contributed by atoms with Gasteiger partial charge >= 0.3 is 0 Å². The zero-order valence-electron chi connectivity index (χ0n) is 12.2. The number of aromatic amines is 1. The Morgan fingerprint density at radius 3 is 2.53 bits per heavy atom. The molecule has 0 aliphatic heterocycles. The fraction of sp³-hybridized carbons (Fsp3) is 0.733. The first-order valence-corrected chi connectivity index (χ1v) is 7.32. The summed E-state index contributed by atoms with van der Waals surface area (Å²) in [6.07, 6.45) is 6.38. The summed E-state index contributed by atoms with van der Waals surface area (Å²) in [4.78, 5) is 19.5. The zero-order valence-corrected chi connectivity index (χ0v) is 12.2. The molecular formula is C15H24N2O2. The molecule has 4 nitrogen and oxygen atoms in total. The Bertz CT molecular complexity index is 463. The van der Waals surface area contributed by atoms with Crippen molar-refractivity contribution in [2.45, 2.75) is 63.9 Å². The molecule has 1 N–H and O–H groups in total. The van der Waals surface area contributed by atoms with Crippen molar-refractivity contribution < 1.29 is 4.74 Å². The molecule has 106 valence electrons. The maximum Gasteiger partial charge on any atom is 0.251 e. The van der Waals surface area contributed by atoms with E-state index in [4.69, 9.17) is 9.72 Å². The molecular weight excluding hydrogens is 240 g/mol. The van der Waals surface area contributed by atoms with E-state index >= 15 is 0 Å². The predicted octanol–water partition coefficient (Wildman–Crippen LogP) is 3.09. The van der Waals surface area contributed by atoms with Crippen LogP contribution in [0.25, 0.3) is 0 Å². The quantitative estimate of drug-likeness (QED) is 0.889. The predicted molar refractivity (Wildman–Crippen MR) is 75.3 cm³/mol. The number of aromatic nitrogens is 2. The van der Waals surface area contributed by atoms with Gasteiger partial charge in [-0.2, -0.15) is 0 Å². The SMILES string of the molecule is CCC(CC)(OC)c1nc(C2CCCC2)cc(=O)[nH]1. The zero-order chi connectivity index (χ0) is 13.9. The maximum atomic E-state index is 11.9. The average molecular weight is 264 g/mol. The minimum absolute atomic E-state index is 0.0600. The van der Waals surface area contributed by atoms with Crippen molar-refractivity contribution in [3.05, 3.63) is 27.9 Å². The highest BCUT2D eigenvalue weighted by molar-refractivity contribution is 5.13. The number of ether oxygens (including phenoxy) is 1. The maximum absolute atomic E-state index is 11.9. The van der Waals surface area contributed by atoms with Gasteiger partial charge in [0.15, 0.2) is 0 Å². The molecule has 19 heavy (non-hydrogen) atoms. The summed E-state index contributed by atoms with van der Waals surface area (Å²) in [5, 5.41) is 0. The highest BCUT2D eigenvalue weighted by atomic mass is 16.5. The first-order valence-electron chi connectivity index (χ1n) is 7.32. The number of hydrogen-bond donors (Lipinski definition) is 1. The molecule has 1 saturated carbocycles. The van der Waals surface area contributed by atoms with Crippen molar-refractivity contribution in [2.24, 2.45) is 0 Å². The van der Waals surface area contributed by atoms with Gasteiger partial charge < -0.3 is 9.72 Å². The van der Waals surface area contributed by atoms with Gasteiger partial charge in [-0.15, -0.1) is 0 Å². The van der Waals surface area contributed by atoms with Crippen LogP contribution in [0.2, 0.25) is 0 Å². The second kappa shape index (κ2) is 5.87. The largest absolute Gasteiger partial charge is 0.370 e. The van der Waals surface area contributed by atoms with Crippen molar-refractivity contribution in [2.75, 3.05) is 7.11 Å². The van der Waals surface area contributed by atoms with E-state index < -0.39 is 5.60 Å². The Balaban J connectivity index is 2.43. The van der Waals surface area contributed by atoms with Crippen LogP contribution in [0.3, 0.4) is 0 Å². The van der Waals surface area contributed by atoms with Gasteiger partial charge in [0.25, 0.3) is 5.56 Å². The van der Waals surface area contributed by atoms with E-state index in [0.717, 1.165) is 31.4 Å². The van der Waals surface area contributed by atoms with Crippen molar-refractivity contribution in [3.63, 3.8) is 0 Å². The van der Waals surface area contributed by atoms with Crippen LogP contribution < -0.4 is 5.56 Å². The minimum atomic E-state index is -0.465. The smallest absolute Gasteiger partial charge is 0.251 e. The van der Waals surface area contributed by atoms with Gasteiger partial charge in [-0.05, 0) is 25.7 Å². The molecule has 0 aromatic carbocycles. The molecule has 0 bridgehead atoms. The lowest BCUT2D eigenvalue weighted by Crippen LogP contribution is -2.32. The second-order valence-electron chi connectivity index (χ2n) is 5.41. The Hall–Kier alpha value is -1.16. The van der Waals surface area contributed by atoms with Gasteiger partial charge in [0.1, 0.15) is 11.4 Å². The summed E-state index contributed by atoms with van der Waals surface area (Å²) >= 11 is 0. The van der Waals surface area contributed by atoms with Crippen LogP contribution >= 0.6 is 0 Å². The highest BCUT2D eigenvalue weighted by Gasteiger charge is 2.32. The lowest BCUT2D eigenvalue weighted by molar-refractivity contribution is -0.0295. The Morgan fingerprint density at radius 2 is 2.00 bits per heavy atom. The molecule has 0 saturated heterocycles. The third-order valence-corrected chi connectivity index (χ3v) is 4.50. The monoisotopic (exact) mass is 264 g/mol. The lowest BCUT2D eigenvalue weighted by Gasteiger charge is -2.29. The number of methoxy groups -OCH3 is 1. The molecule has 1 heterocycles. The van der Waals surface area contributed by atoms with E-state index in [9.17, 15) is 4.79 Å². The van der Waals surface area contributed by atoms with Crippen LogP contribution in [-0.2, 0) is 10.3 Å². The van der Waals surface area contributed by atoms with E-state index in [1.807, 2.05) is 0 Å². The standard InChI is InChI=1S/C15H24N2O2/c1-4-15(5-2,19-3)14-16-12(10-13(18)17-14)11-8-6-7-9-11/h10-11H,4-9H2,1-3H3,(H,16,17,18). The van der Waals surface area contributed by atoms with Gasteiger partial charge in [0.2, 0.25) is 0 Å². The van der Waals surface area contributed by atoms with E-state index in [-0.39, 0.29) is 5.56 Å². The number of nitrogens with one attached hydrogen (secondary N) is 1. The molecule has 1 aromatic rings. The van der Waals surface area contributed by atoms with E-state index in [1.54, 1.807) is 13.2 Å².